The Balaban J connectivity index is 1.74. The molecular weight excluding hydrogens is 530 g/mol. The first-order valence-electron chi connectivity index (χ1n) is 13.1. The maximum absolute atomic E-state index is 14.0. The molecule has 1 aromatic heterocycles. The molecule has 40 heavy (non-hydrogen) atoms. The molecule has 0 spiro atoms. The largest absolute Gasteiger partial charge is 0.493 e. The van der Waals surface area contributed by atoms with Crippen molar-refractivity contribution >= 4 is 34.7 Å². The summed E-state index contributed by atoms with van der Waals surface area (Å²) in [5, 5.41) is 7.50. The van der Waals surface area contributed by atoms with E-state index >= 15 is 0 Å². The zero-order valence-corrected chi connectivity index (χ0v) is 24.0. The number of thiophene rings is 1. The molecule has 0 bridgehead atoms. The average Bonchev–Trinajstić information content (AvgIpc) is 3.67. The lowest BCUT2D eigenvalue weighted by Crippen LogP contribution is -2.48. The second kappa shape index (κ2) is 13.5. The van der Waals surface area contributed by atoms with Gasteiger partial charge in [0.05, 0.1) is 31.7 Å². The van der Waals surface area contributed by atoms with Crippen LogP contribution in [0, 0.1) is 13.8 Å². The molecule has 0 saturated carbocycles. The van der Waals surface area contributed by atoms with Crippen molar-refractivity contribution in [3.8, 4) is 11.5 Å². The van der Waals surface area contributed by atoms with Gasteiger partial charge in [-0.15, -0.1) is 11.3 Å². The first-order chi connectivity index (χ1) is 19.3. The van der Waals surface area contributed by atoms with Crippen LogP contribution < -0.4 is 25.0 Å². The maximum atomic E-state index is 14.0. The van der Waals surface area contributed by atoms with Crippen LogP contribution >= 0.6 is 11.3 Å². The van der Waals surface area contributed by atoms with Crippen LogP contribution in [0.1, 0.15) is 45.2 Å². The highest BCUT2D eigenvalue weighted by atomic mass is 32.1. The van der Waals surface area contributed by atoms with E-state index in [9.17, 15) is 14.4 Å². The summed E-state index contributed by atoms with van der Waals surface area (Å²) in [5.74, 6) is -0.246. The Morgan fingerprint density at radius 2 is 1.77 bits per heavy atom. The van der Waals surface area contributed by atoms with E-state index in [4.69, 9.17) is 14.2 Å². The number of amides is 3. The third-order valence-electron chi connectivity index (χ3n) is 6.66. The van der Waals surface area contributed by atoms with E-state index in [1.165, 1.54) is 30.5 Å². The van der Waals surface area contributed by atoms with Crippen molar-refractivity contribution < 1.29 is 28.6 Å². The van der Waals surface area contributed by atoms with E-state index in [2.05, 4.69) is 10.6 Å². The van der Waals surface area contributed by atoms with Crippen molar-refractivity contribution in [2.45, 2.75) is 38.8 Å². The fourth-order valence-corrected chi connectivity index (χ4v) is 5.46. The number of benzene rings is 2. The second-order valence-corrected chi connectivity index (χ2v) is 10.6. The lowest BCUT2D eigenvalue weighted by atomic mass is 10.0. The molecular formula is C30H35N3O6S. The van der Waals surface area contributed by atoms with Crippen LogP contribution in [0.2, 0.25) is 0 Å². The van der Waals surface area contributed by atoms with Crippen LogP contribution in [0.25, 0.3) is 0 Å². The highest BCUT2D eigenvalue weighted by Crippen LogP contribution is 2.35. The number of carbonyl (C=O) groups excluding carboxylic acids is 3. The zero-order valence-electron chi connectivity index (χ0n) is 23.2. The summed E-state index contributed by atoms with van der Waals surface area (Å²) in [6.45, 7) is 4.55. The Labute approximate surface area is 238 Å². The molecule has 0 radical (unpaired) electrons. The van der Waals surface area contributed by atoms with Gasteiger partial charge in [-0.3, -0.25) is 19.3 Å². The van der Waals surface area contributed by atoms with E-state index in [-0.39, 0.29) is 24.5 Å². The molecule has 10 heteroatoms. The minimum Gasteiger partial charge on any atom is -0.493 e. The van der Waals surface area contributed by atoms with Gasteiger partial charge in [-0.2, -0.15) is 0 Å². The zero-order chi connectivity index (χ0) is 28.6. The number of nitrogens with zero attached hydrogens (tertiary/aromatic N) is 1. The van der Waals surface area contributed by atoms with Crippen LogP contribution in [-0.4, -0.2) is 57.7 Å². The van der Waals surface area contributed by atoms with E-state index in [0.29, 0.717) is 40.8 Å². The van der Waals surface area contributed by atoms with Crippen LogP contribution in [0.5, 0.6) is 11.5 Å². The minimum absolute atomic E-state index is 0.0783. The van der Waals surface area contributed by atoms with Gasteiger partial charge in [0, 0.05) is 18.8 Å². The fraction of sp³-hybridized carbons (Fsp3) is 0.367. The summed E-state index contributed by atoms with van der Waals surface area (Å²) in [4.78, 5) is 42.5. The van der Waals surface area contributed by atoms with Crippen molar-refractivity contribution in [2.24, 2.45) is 0 Å². The molecule has 212 valence electrons. The van der Waals surface area contributed by atoms with Crippen LogP contribution in [0.3, 0.4) is 0 Å². The topological polar surface area (TPSA) is 106 Å². The standard InChI is InChI=1S/C30H35N3O6S/c1-19-13-20(2)15-22(14-19)33(27(34)18-32-29(35)26-8-6-12-40-26)28(30(36)31-17-23-7-5-11-39-23)21-9-10-24(37-3)25(16-21)38-4/h6,8-10,12-16,23,28H,5,7,11,17-18H2,1-4H3,(H,31,36)(H,32,35). The minimum atomic E-state index is -1.06. The van der Waals surface area contributed by atoms with Crippen LogP contribution in [0.4, 0.5) is 5.69 Å². The summed E-state index contributed by atoms with van der Waals surface area (Å²) < 4.78 is 16.6. The lowest BCUT2D eigenvalue weighted by molar-refractivity contribution is -0.126. The molecule has 3 aromatic rings. The highest BCUT2D eigenvalue weighted by Gasteiger charge is 2.34. The number of methoxy groups -OCH3 is 2. The van der Waals surface area contributed by atoms with Crippen molar-refractivity contribution in [3.05, 3.63) is 75.5 Å². The highest BCUT2D eigenvalue weighted by molar-refractivity contribution is 7.12. The molecule has 4 rings (SSSR count). The van der Waals surface area contributed by atoms with Gasteiger partial charge < -0.3 is 24.8 Å². The summed E-state index contributed by atoms with van der Waals surface area (Å²) in [6, 6.07) is 13.2. The Hall–Kier alpha value is -3.89. The van der Waals surface area contributed by atoms with Crippen molar-refractivity contribution in [1.82, 2.24) is 10.6 Å². The van der Waals surface area contributed by atoms with Gasteiger partial charge in [0.1, 0.15) is 6.04 Å². The number of hydrogen-bond donors (Lipinski definition) is 2. The van der Waals surface area contributed by atoms with E-state index in [0.717, 1.165) is 24.0 Å². The van der Waals surface area contributed by atoms with E-state index < -0.39 is 11.9 Å². The molecule has 2 unspecified atom stereocenters. The first kappa shape index (κ1) is 29.1. The molecule has 3 amide bonds. The van der Waals surface area contributed by atoms with Gasteiger partial charge >= 0.3 is 0 Å². The SMILES string of the molecule is COc1ccc(C(C(=O)NCC2CCCO2)N(C(=O)CNC(=O)c2cccs2)c2cc(C)cc(C)c2)cc1OC. The molecule has 0 aliphatic carbocycles. The molecule has 1 fully saturated rings. The van der Waals surface area contributed by atoms with Crippen LogP contribution in [0.15, 0.2) is 53.9 Å². The summed E-state index contributed by atoms with van der Waals surface area (Å²) in [5.41, 5.74) is 2.93. The Kier molecular flexibility index (Phi) is 9.79. The quantitative estimate of drug-likeness (QED) is 0.361. The number of anilines is 1. The van der Waals surface area contributed by atoms with Gasteiger partial charge in [0.15, 0.2) is 11.5 Å². The number of rotatable bonds is 11. The Bertz CT molecular complexity index is 1320. The monoisotopic (exact) mass is 565 g/mol. The van der Waals surface area contributed by atoms with E-state index in [1.54, 1.807) is 35.7 Å². The fourth-order valence-electron chi connectivity index (χ4n) is 4.82. The van der Waals surface area contributed by atoms with Gasteiger partial charge in [-0.25, -0.2) is 0 Å². The van der Waals surface area contributed by atoms with Crippen molar-refractivity contribution in [3.63, 3.8) is 0 Å². The van der Waals surface area contributed by atoms with Gasteiger partial charge in [-0.1, -0.05) is 18.2 Å². The maximum Gasteiger partial charge on any atom is 0.261 e. The first-order valence-corrected chi connectivity index (χ1v) is 14.0. The smallest absolute Gasteiger partial charge is 0.261 e. The number of carbonyl (C=O) groups is 3. The number of aryl methyl sites for hydroxylation is 2. The number of nitrogens with one attached hydrogen (secondary N) is 2. The van der Waals surface area contributed by atoms with Gasteiger partial charge in [0.2, 0.25) is 11.8 Å². The molecule has 2 aromatic carbocycles. The summed E-state index contributed by atoms with van der Waals surface area (Å²) in [6.07, 6.45) is 1.72. The van der Waals surface area contributed by atoms with E-state index in [1.807, 2.05) is 32.0 Å². The molecule has 1 aliphatic heterocycles. The van der Waals surface area contributed by atoms with Gasteiger partial charge in [-0.05, 0) is 79.1 Å². The van der Waals surface area contributed by atoms with Gasteiger partial charge in [0.25, 0.3) is 5.91 Å². The number of hydrogen-bond acceptors (Lipinski definition) is 7. The molecule has 1 saturated heterocycles. The van der Waals surface area contributed by atoms with Crippen LogP contribution in [-0.2, 0) is 14.3 Å². The predicted molar refractivity (Wildman–Crippen MR) is 154 cm³/mol. The average molecular weight is 566 g/mol. The Morgan fingerprint density at radius 1 is 1.02 bits per heavy atom. The predicted octanol–water partition coefficient (Wildman–Crippen LogP) is 4.18. The third-order valence-corrected chi connectivity index (χ3v) is 7.52. The Morgan fingerprint density at radius 3 is 2.40 bits per heavy atom. The normalized spacial score (nSPS) is 15.2. The molecule has 2 N–H and O–H groups in total. The molecule has 1 aliphatic rings. The lowest BCUT2D eigenvalue weighted by Gasteiger charge is -2.32. The summed E-state index contributed by atoms with van der Waals surface area (Å²) in [7, 11) is 3.05. The van der Waals surface area contributed by atoms with Crippen molar-refractivity contribution in [1.29, 1.82) is 0 Å². The third kappa shape index (κ3) is 7.00. The molecule has 9 nitrogen and oxygen atoms in total. The van der Waals surface area contributed by atoms with Crippen molar-refractivity contribution in [2.75, 3.05) is 38.8 Å². The molecule has 2 atom stereocenters. The molecule has 2 heterocycles. The summed E-state index contributed by atoms with van der Waals surface area (Å²) >= 11 is 1.29. The second-order valence-electron chi connectivity index (χ2n) is 9.67. The number of ether oxygens (including phenoxy) is 3.